The first kappa shape index (κ1) is 12.7. The highest BCUT2D eigenvalue weighted by Crippen LogP contribution is 2.24. The molecule has 16 heavy (non-hydrogen) atoms. The van der Waals surface area contributed by atoms with Gasteiger partial charge in [0.15, 0.2) is 0 Å². The van der Waals surface area contributed by atoms with E-state index in [9.17, 15) is 4.79 Å². The molecule has 0 saturated carbocycles. The molecule has 0 unspecified atom stereocenters. The summed E-state index contributed by atoms with van der Waals surface area (Å²) >= 11 is 0. The van der Waals surface area contributed by atoms with Gasteiger partial charge in [-0.2, -0.15) is 0 Å². The number of likely N-dealkylation sites (N-methyl/N-ethyl adjacent to an activating group) is 1. The summed E-state index contributed by atoms with van der Waals surface area (Å²) in [5.41, 5.74) is 3.64. The maximum atomic E-state index is 10.4. The molecule has 0 atom stereocenters. The maximum absolute atomic E-state index is 10.4. The molecule has 0 aliphatic heterocycles. The van der Waals surface area contributed by atoms with Gasteiger partial charge in [0, 0.05) is 6.54 Å². The molecule has 0 radical (unpaired) electrons. The highest BCUT2D eigenvalue weighted by Gasteiger charge is 2.08. The lowest BCUT2D eigenvalue weighted by Crippen LogP contribution is -2.20. The molecule has 0 aliphatic carbocycles. The van der Waals surface area contributed by atoms with Crippen LogP contribution >= 0.6 is 0 Å². The number of nitrogens with zero attached hydrogens (tertiary/aromatic N) is 1. The topological polar surface area (TPSA) is 29.5 Å². The van der Waals surface area contributed by atoms with Crippen LogP contribution in [0.5, 0.6) is 5.75 Å². The van der Waals surface area contributed by atoms with Crippen molar-refractivity contribution in [3.63, 3.8) is 0 Å². The number of aldehydes is 1. The van der Waals surface area contributed by atoms with E-state index in [1.165, 1.54) is 16.7 Å². The summed E-state index contributed by atoms with van der Waals surface area (Å²) in [5.74, 6) is 0.916. The molecule has 3 heteroatoms. The third-order valence-corrected chi connectivity index (χ3v) is 2.90. The van der Waals surface area contributed by atoms with Crippen LogP contribution in [0.3, 0.4) is 0 Å². The molecule has 1 aromatic carbocycles. The van der Waals surface area contributed by atoms with Gasteiger partial charge in [0.1, 0.15) is 12.0 Å². The summed E-state index contributed by atoms with van der Waals surface area (Å²) in [6.45, 7) is 5.39. The van der Waals surface area contributed by atoms with Gasteiger partial charge in [-0.15, -0.1) is 0 Å². The highest BCUT2D eigenvalue weighted by molar-refractivity contribution is 5.52. The number of ether oxygens (including phenoxy) is 1. The number of hydrogen-bond acceptors (Lipinski definition) is 3. The number of rotatable bonds is 5. The summed E-state index contributed by atoms with van der Waals surface area (Å²) in [6.07, 6.45) is 0.922. The molecule has 0 amide bonds. The minimum atomic E-state index is 0.463. The SMILES string of the molecule is COc1ccc(CN(C)CC=O)c(C)c1C. The van der Waals surface area contributed by atoms with E-state index in [4.69, 9.17) is 4.74 Å². The van der Waals surface area contributed by atoms with Crippen molar-refractivity contribution in [1.82, 2.24) is 4.90 Å². The van der Waals surface area contributed by atoms with Crippen molar-refractivity contribution >= 4 is 6.29 Å². The van der Waals surface area contributed by atoms with Crippen LogP contribution in [0.4, 0.5) is 0 Å². The van der Waals surface area contributed by atoms with Gasteiger partial charge in [-0.05, 0) is 43.7 Å². The summed E-state index contributed by atoms with van der Waals surface area (Å²) in [4.78, 5) is 12.4. The molecule has 0 spiro atoms. The fraction of sp³-hybridized carbons (Fsp3) is 0.462. The van der Waals surface area contributed by atoms with Crippen molar-refractivity contribution in [1.29, 1.82) is 0 Å². The Labute approximate surface area is 97.0 Å². The number of methoxy groups -OCH3 is 1. The second-order valence-corrected chi connectivity index (χ2v) is 4.04. The van der Waals surface area contributed by atoms with Crippen LogP contribution < -0.4 is 4.74 Å². The van der Waals surface area contributed by atoms with Crippen molar-refractivity contribution in [3.8, 4) is 5.75 Å². The van der Waals surface area contributed by atoms with Crippen LogP contribution in [-0.2, 0) is 11.3 Å². The molecule has 3 nitrogen and oxygen atoms in total. The Kier molecular flexibility index (Phi) is 4.50. The minimum Gasteiger partial charge on any atom is -0.496 e. The second-order valence-electron chi connectivity index (χ2n) is 4.04. The molecule has 1 aromatic rings. The Morgan fingerprint density at radius 2 is 2.00 bits per heavy atom. The first-order valence-corrected chi connectivity index (χ1v) is 5.35. The molecular weight excluding hydrogens is 202 g/mol. The van der Waals surface area contributed by atoms with Gasteiger partial charge >= 0.3 is 0 Å². The van der Waals surface area contributed by atoms with Crippen LogP contribution in [0.25, 0.3) is 0 Å². The van der Waals surface area contributed by atoms with E-state index in [2.05, 4.69) is 19.9 Å². The van der Waals surface area contributed by atoms with Crippen molar-refractivity contribution in [2.24, 2.45) is 0 Å². The summed E-state index contributed by atoms with van der Waals surface area (Å²) in [7, 11) is 3.62. The molecule has 0 bridgehead atoms. The van der Waals surface area contributed by atoms with Gasteiger partial charge in [-0.25, -0.2) is 0 Å². The van der Waals surface area contributed by atoms with Gasteiger partial charge in [-0.1, -0.05) is 6.07 Å². The number of carbonyl (C=O) groups excluding carboxylic acids is 1. The van der Waals surface area contributed by atoms with E-state index in [0.29, 0.717) is 6.54 Å². The molecular formula is C13H19NO2. The van der Waals surface area contributed by atoms with Crippen LogP contribution in [0.15, 0.2) is 12.1 Å². The van der Waals surface area contributed by atoms with E-state index in [1.807, 2.05) is 18.0 Å². The molecule has 0 fully saturated rings. The molecule has 1 rings (SSSR count). The largest absolute Gasteiger partial charge is 0.496 e. The van der Waals surface area contributed by atoms with E-state index in [0.717, 1.165) is 18.6 Å². The first-order valence-electron chi connectivity index (χ1n) is 5.35. The third-order valence-electron chi connectivity index (χ3n) is 2.90. The maximum Gasteiger partial charge on any atom is 0.133 e. The zero-order valence-electron chi connectivity index (χ0n) is 10.4. The Bertz CT molecular complexity index is 374. The first-order chi connectivity index (χ1) is 7.60. The Balaban J connectivity index is 2.90. The molecule has 0 saturated heterocycles. The quantitative estimate of drug-likeness (QED) is 0.712. The summed E-state index contributed by atoms with van der Waals surface area (Å²) in [6, 6.07) is 4.04. The van der Waals surface area contributed by atoms with Gasteiger partial charge in [0.05, 0.1) is 13.7 Å². The monoisotopic (exact) mass is 221 g/mol. The lowest BCUT2D eigenvalue weighted by atomic mass is 10.0. The summed E-state index contributed by atoms with van der Waals surface area (Å²) < 4.78 is 5.26. The van der Waals surface area contributed by atoms with Gasteiger partial charge in [0.25, 0.3) is 0 Å². The van der Waals surface area contributed by atoms with Crippen LogP contribution in [0.1, 0.15) is 16.7 Å². The predicted octanol–water partition coefficient (Wildman–Crippen LogP) is 1.94. The van der Waals surface area contributed by atoms with Gasteiger partial charge < -0.3 is 9.53 Å². The fourth-order valence-electron chi connectivity index (χ4n) is 1.73. The molecule has 0 aliphatic rings. The van der Waals surface area contributed by atoms with Crippen LogP contribution in [0.2, 0.25) is 0 Å². The highest BCUT2D eigenvalue weighted by atomic mass is 16.5. The Hall–Kier alpha value is -1.35. The van der Waals surface area contributed by atoms with E-state index >= 15 is 0 Å². The van der Waals surface area contributed by atoms with E-state index in [1.54, 1.807) is 7.11 Å². The van der Waals surface area contributed by atoms with Crippen molar-refractivity contribution in [2.75, 3.05) is 20.7 Å². The lowest BCUT2D eigenvalue weighted by Gasteiger charge is -2.17. The fourth-order valence-corrected chi connectivity index (χ4v) is 1.73. The van der Waals surface area contributed by atoms with Crippen LogP contribution in [-0.4, -0.2) is 31.9 Å². The Morgan fingerprint density at radius 1 is 1.31 bits per heavy atom. The van der Waals surface area contributed by atoms with Crippen LogP contribution in [0, 0.1) is 13.8 Å². The minimum absolute atomic E-state index is 0.463. The number of hydrogen-bond donors (Lipinski definition) is 0. The van der Waals surface area contributed by atoms with E-state index < -0.39 is 0 Å². The molecule has 0 N–H and O–H groups in total. The van der Waals surface area contributed by atoms with Crippen molar-refractivity contribution < 1.29 is 9.53 Å². The average Bonchev–Trinajstić information content (AvgIpc) is 2.25. The molecule has 0 heterocycles. The standard InChI is InChI=1S/C13H19NO2/c1-10-11(2)13(16-4)6-5-12(10)9-14(3)7-8-15/h5-6,8H,7,9H2,1-4H3. The van der Waals surface area contributed by atoms with Gasteiger partial charge in [-0.3, -0.25) is 4.90 Å². The average molecular weight is 221 g/mol. The van der Waals surface area contributed by atoms with Gasteiger partial charge in [0.2, 0.25) is 0 Å². The Morgan fingerprint density at radius 3 is 2.56 bits per heavy atom. The normalized spacial score (nSPS) is 10.6. The molecule has 88 valence electrons. The second kappa shape index (κ2) is 5.66. The zero-order chi connectivity index (χ0) is 12.1. The smallest absolute Gasteiger partial charge is 0.133 e. The summed E-state index contributed by atoms with van der Waals surface area (Å²) in [5, 5.41) is 0. The number of benzene rings is 1. The molecule has 0 aromatic heterocycles. The third kappa shape index (κ3) is 2.83. The predicted molar refractivity (Wildman–Crippen MR) is 64.9 cm³/mol. The van der Waals surface area contributed by atoms with E-state index in [-0.39, 0.29) is 0 Å². The van der Waals surface area contributed by atoms with Crippen molar-refractivity contribution in [3.05, 3.63) is 28.8 Å². The lowest BCUT2D eigenvalue weighted by molar-refractivity contribution is -0.108. The zero-order valence-corrected chi connectivity index (χ0v) is 10.4. The number of carbonyl (C=O) groups is 1. The van der Waals surface area contributed by atoms with Crippen molar-refractivity contribution in [2.45, 2.75) is 20.4 Å².